The van der Waals surface area contributed by atoms with Gasteiger partial charge in [-0.3, -0.25) is 4.79 Å². The van der Waals surface area contributed by atoms with Crippen molar-refractivity contribution >= 4 is 5.78 Å². The molecular formula is C16H23NO. The lowest BCUT2D eigenvalue weighted by atomic mass is 9.74. The number of hydrogen-bond donors (Lipinski definition) is 1. The van der Waals surface area contributed by atoms with Gasteiger partial charge in [0.05, 0.1) is 6.04 Å². The first-order valence-electron chi connectivity index (χ1n) is 6.80. The quantitative estimate of drug-likeness (QED) is 0.865. The highest BCUT2D eigenvalue weighted by molar-refractivity contribution is 5.91. The highest BCUT2D eigenvalue weighted by Crippen LogP contribution is 2.39. The zero-order valence-electron chi connectivity index (χ0n) is 11.7. The first-order valence-corrected chi connectivity index (χ1v) is 6.80. The highest BCUT2D eigenvalue weighted by Gasteiger charge is 2.46. The Hall–Kier alpha value is -1.15. The number of hydrogen-bond acceptors (Lipinski definition) is 2. The summed E-state index contributed by atoms with van der Waals surface area (Å²) < 4.78 is 0. The van der Waals surface area contributed by atoms with Crippen molar-refractivity contribution < 1.29 is 4.79 Å². The number of Topliss-reactive ketones (excluding diaryl/α,β-unsaturated/α-hetero) is 1. The lowest BCUT2D eigenvalue weighted by Crippen LogP contribution is -2.35. The number of carbonyl (C=O) groups excluding carboxylic acids is 1. The molecular weight excluding hydrogens is 222 g/mol. The normalized spacial score (nSPS) is 28.7. The van der Waals surface area contributed by atoms with E-state index in [1.54, 1.807) is 0 Å². The predicted octanol–water partition coefficient (Wildman–Crippen LogP) is 3.34. The molecule has 0 radical (unpaired) electrons. The van der Waals surface area contributed by atoms with Gasteiger partial charge in [-0.15, -0.1) is 0 Å². The van der Waals surface area contributed by atoms with Crippen molar-refractivity contribution in [2.24, 2.45) is 11.3 Å². The van der Waals surface area contributed by atoms with Gasteiger partial charge in [0.2, 0.25) is 0 Å². The second-order valence-electron chi connectivity index (χ2n) is 6.27. The molecule has 1 saturated heterocycles. The Morgan fingerprint density at radius 2 is 1.78 bits per heavy atom. The summed E-state index contributed by atoms with van der Waals surface area (Å²) >= 11 is 0. The van der Waals surface area contributed by atoms with Crippen molar-refractivity contribution in [1.82, 2.24) is 5.32 Å². The largest absolute Gasteiger partial charge is 0.300 e. The minimum Gasteiger partial charge on any atom is -0.300 e. The van der Waals surface area contributed by atoms with E-state index in [1.165, 1.54) is 0 Å². The molecule has 18 heavy (non-hydrogen) atoms. The van der Waals surface area contributed by atoms with Crippen LogP contribution < -0.4 is 5.32 Å². The zero-order chi connectivity index (χ0) is 13.3. The summed E-state index contributed by atoms with van der Waals surface area (Å²) in [5.41, 5.74) is 1.11. The molecule has 0 spiro atoms. The molecule has 1 aromatic rings. The van der Waals surface area contributed by atoms with Crippen molar-refractivity contribution in [3.63, 3.8) is 0 Å². The van der Waals surface area contributed by atoms with E-state index in [9.17, 15) is 4.79 Å². The van der Waals surface area contributed by atoms with Gasteiger partial charge < -0.3 is 5.32 Å². The van der Waals surface area contributed by atoms with Crippen LogP contribution in [-0.2, 0) is 4.79 Å². The Morgan fingerprint density at radius 1 is 1.17 bits per heavy atom. The average molecular weight is 245 g/mol. The molecule has 98 valence electrons. The van der Waals surface area contributed by atoms with Crippen LogP contribution >= 0.6 is 0 Å². The second kappa shape index (κ2) is 4.85. The zero-order valence-corrected chi connectivity index (χ0v) is 11.7. The van der Waals surface area contributed by atoms with Crippen LogP contribution in [0.15, 0.2) is 30.3 Å². The van der Waals surface area contributed by atoms with Gasteiger partial charge in [0, 0.05) is 12.0 Å². The van der Waals surface area contributed by atoms with Gasteiger partial charge in [0.15, 0.2) is 5.78 Å². The van der Waals surface area contributed by atoms with Crippen LogP contribution in [0.5, 0.6) is 0 Å². The Bertz CT molecular complexity index is 418. The van der Waals surface area contributed by atoms with Gasteiger partial charge in [0.1, 0.15) is 0 Å². The molecule has 1 aromatic carbocycles. The standard InChI is InChI=1S/C16H23NO/c1-5-12-13(16(2,3)4)15(18)14(17-12)11-9-7-6-8-10-11/h6-10,12-14,17H,5H2,1-4H3. The van der Waals surface area contributed by atoms with Crippen LogP contribution in [0, 0.1) is 11.3 Å². The van der Waals surface area contributed by atoms with Crippen molar-refractivity contribution in [3.8, 4) is 0 Å². The smallest absolute Gasteiger partial charge is 0.159 e. The number of carbonyl (C=O) groups is 1. The molecule has 0 aliphatic carbocycles. The molecule has 2 nitrogen and oxygen atoms in total. The summed E-state index contributed by atoms with van der Waals surface area (Å²) in [7, 11) is 0. The van der Waals surface area contributed by atoms with E-state index in [4.69, 9.17) is 0 Å². The van der Waals surface area contributed by atoms with Crippen LogP contribution in [0.1, 0.15) is 45.7 Å². The average Bonchev–Trinajstić information content (AvgIpc) is 2.67. The summed E-state index contributed by atoms with van der Waals surface area (Å²) in [6.07, 6.45) is 0.997. The van der Waals surface area contributed by atoms with E-state index in [1.807, 2.05) is 30.3 Å². The fourth-order valence-electron chi connectivity index (χ4n) is 3.06. The maximum Gasteiger partial charge on any atom is 0.159 e. The molecule has 0 aromatic heterocycles. The van der Waals surface area contributed by atoms with Crippen molar-refractivity contribution in [2.75, 3.05) is 0 Å². The number of rotatable bonds is 2. The monoisotopic (exact) mass is 245 g/mol. The molecule has 1 heterocycles. The summed E-state index contributed by atoms with van der Waals surface area (Å²) in [5.74, 6) is 0.452. The van der Waals surface area contributed by atoms with E-state index < -0.39 is 0 Å². The number of nitrogens with one attached hydrogen (secondary N) is 1. The lowest BCUT2D eigenvalue weighted by molar-refractivity contribution is -0.124. The van der Waals surface area contributed by atoms with E-state index in [2.05, 4.69) is 33.0 Å². The van der Waals surface area contributed by atoms with Crippen LogP contribution in [0.25, 0.3) is 0 Å². The van der Waals surface area contributed by atoms with E-state index in [0.29, 0.717) is 11.8 Å². The fraction of sp³-hybridized carbons (Fsp3) is 0.562. The van der Waals surface area contributed by atoms with E-state index >= 15 is 0 Å². The first kappa shape index (κ1) is 13.3. The van der Waals surface area contributed by atoms with Crippen LogP contribution in [0.3, 0.4) is 0 Å². The van der Waals surface area contributed by atoms with Gasteiger partial charge in [-0.05, 0) is 17.4 Å². The second-order valence-corrected chi connectivity index (χ2v) is 6.27. The third-order valence-corrected chi connectivity index (χ3v) is 3.88. The third-order valence-electron chi connectivity index (χ3n) is 3.88. The Kier molecular flexibility index (Phi) is 3.58. The summed E-state index contributed by atoms with van der Waals surface area (Å²) in [4.78, 5) is 12.7. The van der Waals surface area contributed by atoms with Crippen molar-refractivity contribution in [3.05, 3.63) is 35.9 Å². The highest BCUT2D eigenvalue weighted by atomic mass is 16.1. The molecule has 1 aliphatic heterocycles. The Morgan fingerprint density at radius 3 is 2.22 bits per heavy atom. The molecule has 3 unspecified atom stereocenters. The molecule has 2 rings (SSSR count). The third kappa shape index (κ3) is 2.35. The van der Waals surface area contributed by atoms with Crippen LogP contribution in [0.2, 0.25) is 0 Å². The van der Waals surface area contributed by atoms with Crippen molar-refractivity contribution in [1.29, 1.82) is 0 Å². The van der Waals surface area contributed by atoms with Crippen LogP contribution in [-0.4, -0.2) is 11.8 Å². The maximum absolute atomic E-state index is 12.7. The van der Waals surface area contributed by atoms with Gasteiger partial charge in [-0.2, -0.15) is 0 Å². The number of benzene rings is 1. The molecule has 0 amide bonds. The van der Waals surface area contributed by atoms with Crippen LogP contribution in [0.4, 0.5) is 0 Å². The summed E-state index contributed by atoms with van der Waals surface area (Å²) in [5, 5.41) is 3.51. The predicted molar refractivity (Wildman–Crippen MR) is 74.3 cm³/mol. The minimum absolute atomic E-state index is 0.0221. The van der Waals surface area contributed by atoms with Gasteiger partial charge in [-0.1, -0.05) is 58.0 Å². The fourth-order valence-corrected chi connectivity index (χ4v) is 3.06. The van der Waals surface area contributed by atoms with Gasteiger partial charge in [-0.25, -0.2) is 0 Å². The first-order chi connectivity index (χ1) is 8.45. The summed E-state index contributed by atoms with van der Waals surface area (Å²) in [6, 6.07) is 10.2. The molecule has 0 bridgehead atoms. The van der Waals surface area contributed by atoms with Crippen molar-refractivity contribution in [2.45, 2.75) is 46.2 Å². The minimum atomic E-state index is -0.125. The molecule has 1 aliphatic rings. The van der Waals surface area contributed by atoms with E-state index in [0.717, 1.165) is 12.0 Å². The Labute approximate surface area is 110 Å². The SMILES string of the molecule is CCC1NC(c2ccccc2)C(=O)C1C(C)(C)C. The van der Waals surface area contributed by atoms with E-state index in [-0.39, 0.29) is 17.4 Å². The summed E-state index contributed by atoms with van der Waals surface area (Å²) in [6.45, 7) is 8.63. The number of ketones is 1. The molecule has 2 heteroatoms. The maximum atomic E-state index is 12.7. The topological polar surface area (TPSA) is 29.1 Å². The molecule has 1 fully saturated rings. The van der Waals surface area contributed by atoms with Gasteiger partial charge >= 0.3 is 0 Å². The lowest BCUT2D eigenvalue weighted by Gasteiger charge is -2.29. The van der Waals surface area contributed by atoms with Gasteiger partial charge in [0.25, 0.3) is 0 Å². The molecule has 3 atom stereocenters. The molecule has 0 saturated carbocycles. The molecule has 1 N–H and O–H groups in total. The Balaban J connectivity index is 2.30.